The Morgan fingerprint density at radius 2 is 2.00 bits per heavy atom. The van der Waals surface area contributed by atoms with E-state index in [-0.39, 0.29) is 6.04 Å². The molecule has 2 N–H and O–H groups in total. The molecule has 6 heteroatoms. The van der Waals surface area contributed by atoms with Crippen molar-refractivity contribution in [3.05, 3.63) is 55.0 Å². The monoisotopic (exact) mass is 318 g/mol. The summed E-state index contributed by atoms with van der Waals surface area (Å²) in [5.41, 5.74) is 8.58. The first-order chi connectivity index (χ1) is 11.8. The van der Waals surface area contributed by atoms with Crippen LogP contribution < -0.4 is 10.6 Å². The predicted octanol–water partition coefficient (Wildman–Crippen LogP) is 2.14. The first-order valence-electron chi connectivity index (χ1n) is 8.01. The molecule has 1 aliphatic heterocycles. The second kappa shape index (κ2) is 6.33. The van der Waals surface area contributed by atoms with E-state index in [2.05, 4.69) is 14.9 Å². The lowest BCUT2D eigenvalue weighted by atomic mass is 10.2. The smallest absolute Gasteiger partial charge is 0.163 e. The second-order valence-corrected chi connectivity index (χ2v) is 5.89. The van der Waals surface area contributed by atoms with Crippen LogP contribution in [0.1, 0.15) is 6.42 Å². The third kappa shape index (κ3) is 2.96. The van der Waals surface area contributed by atoms with Crippen LogP contribution in [0.5, 0.6) is 0 Å². The molecule has 0 amide bonds. The quantitative estimate of drug-likeness (QED) is 0.797. The molecule has 1 fully saturated rings. The van der Waals surface area contributed by atoms with E-state index in [1.165, 1.54) is 0 Å². The number of rotatable bonds is 3. The fraction of sp³-hybridized carbons (Fsp3) is 0.222. The molecule has 0 bridgehead atoms. The Balaban J connectivity index is 1.82. The maximum absolute atomic E-state index is 6.05. The number of pyridine rings is 2. The summed E-state index contributed by atoms with van der Waals surface area (Å²) in [5, 5.41) is 0. The Bertz CT molecular complexity index is 764. The average molecular weight is 318 g/mol. The lowest BCUT2D eigenvalue weighted by Gasteiger charge is -2.18. The Morgan fingerprint density at radius 3 is 2.71 bits per heavy atom. The van der Waals surface area contributed by atoms with E-state index in [0.717, 1.165) is 42.3 Å². The van der Waals surface area contributed by atoms with Crippen LogP contribution in [-0.2, 0) is 0 Å². The summed E-state index contributed by atoms with van der Waals surface area (Å²) in [6.07, 6.45) is 6.27. The summed E-state index contributed by atoms with van der Waals surface area (Å²) in [7, 11) is 0. The summed E-state index contributed by atoms with van der Waals surface area (Å²) >= 11 is 0. The molecular formula is C18H18N6. The molecule has 24 heavy (non-hydrogen) atoms. The van der Waals surface area contributed by atoms with Crippen LogP contribution in [0.2, 0.25) is 0 Å². The maximum atomic E-state index is 6.05. The maximum Gasteiger partial charge on any atom is 0.163 e. The van der Waals surface area contributed by atoms with Gasteiger partial charge in [0.1, 0.15) is 5.82 Å². The summed E-state index contributed by atoms with van der Waals surface area (Å²) in [6, 6.07) is 11.8. The molecule has 0 saturated carbocycles. The van der Waals surface area contributed by atoms with Gasteiger partial charge in [-0.25, -0.2) is 9.97 Å². The first kappa shape index (κ1) is 14.7. The molecule has 1 atom stereocenters. The van der Waals surface area contributed by atoms with Gasteiger partial charge < -0.3 is 10.6 Å². The van der Waals surface area contributed by atoms with Gasteiger partial charge in [-0.3, -0.25) is 9.97 Å². The van der Waals surface area contributed by atoms with Gasteiger partial charge in [0.2, 0.25) is 0 Å². The Kier molecular flexibility index (Phi) is 3.88. The molecule has 0 aromatic carbocycles. The summed E-state index contributed by atoms with van der Waals surface area (Å²) in [6.45, 7) is 1.72. The molecule has 1 unspecified atom stereocenters. The van der Waals surface area contributed by atoms with Crippen LogP contribution in [0.15, 0.2) is 55.0 Å². The van der Waals surface area contributed by atoms with Crippen LogP contribution in [0.4, 0.5) is 5.82 Å². The molecule has 120 valence electrons. The van der Waals surface area contributed by atoms with E-state index in [1.54, 1.807) is 18.6 Å². The van der Waals surface area contributed by atoms with E-state index in [4.69, 9.17) is 15.7 Å². The van der Waals surface area contributed by atoms with Crippen molar-refractivity contribution in [2.24, 2.45) is 5.73 Å². The van der Waals surface area contributed by atoms with E-state index < -0.39 is 0 Å². The first-order valence-corrected chi connectivity index (χ1v) is 8.01. The molecule has 3 aromatic heterocycles. The number of nitrogens with zero attached hydrogens (tertiary/aromatic N) is 5. The molecule has 0 radical (unpaired) electrons. The minimum atomic E-state index is 0.195. The van der Waals surface area contributed by atoms with Crippen molar-refractivity contribution >= 4 is 5.82 Å². The van der Waals surface area contributed by atoms with E-state index in [1.807, 2.05) is 36.4 Å². The third-order valence-corrected chi connectivity index (χ3v) is 4.11. The van der Waals surface area contributed by atoms with Crippen molar-refractivity contribution in [2.75, 3.05) is 18.0 Å². The molecule has 6 nitrogen and oxygen atoms in total. The van der Waals surface area contributed by atoms with Crippen molar-refractivity contribution in [1.29, 1.82) is 0 Å². The van der Waals surface area contributed by atoms with Crippen LogP contribution >= 0.6 is 0 Å². The van der Waals surface area contributed by atoms with Crippen LogP contribution in [0.3, 0.4) is 0 Å². The fourth-order valence-corrected chi connectivity index (χ4v) is 2.86. The predicted molar refractivity (Wildman–Crippen MR) is 93.3 cm³/mol. The number of anilines is 1. The molecular weight excluding hydrogens is 300 g/mol. The molecule has 1 saturated heterocycles. The topological polar surface area (TPSA) is 80.8 Å². The van der Waals surface area contributed by atoms with Gasteiger partial charge in [0, 0.05) is 49.4 Å². The zero-order valence-electron chi connectivity index (χ0n) is 13.2. The number of aromatic nitrogens is 4. The third-order valence-electron chi connectivity index (χ3n) is 4.11. The van der Waals surface area contributed by atoms with Crippen LogP contribution in [0, 0.1) is 0 Å². The van der Waals surface area contributed by atoms with Crippen molar-refractivity contribution < 1.29 is 0 Å². The van der Waals surface area contributed by atoms with Crippen molar-refractivity contribution in [2.45, 2.75) is 12.5 Å². The SMILES string of the molecule is NC1CCN(c2cc(-c3ccccn3)nc(-c3cccnc3)n2)C1. The highest BCUT2D eigenvalue weighted by atomic mass is 15.2. The van der Waals surface area contributed by atoms with Gasteiger partial charge in [0.05, 0.1) is 11.4 Å². The van der Waals surface area contributed by atoms with Gasteiger partial charge in [-0.05, 0) is 30.7 Å². The molecule has 0 spiro atoms. The lowest BCUT2D eigenvalue weighted by Crippen LogP contribution is -2.27. The van der Waals surface area contributed by atoms with Gasteiger partial charge in [-0.1, -0.05) is 6.07 Å². The van der Waals surface area contributed by atoms with E-state index >= 15 is 0 Å². The fourth-order valence-electron chi connectivity index (χ4n) is 2.86. The minimum Gasteiger partial charge on any atom is -0.355 e. The van der Waals surface area contributed by atoms with E-state index in [9.17, 15) is 0 Å². The zero-order chi connectivity index (χ0) is 16.4. The highest BCUT2D eigenvalue weighted by molar-refractivity contribution is 5.65. The summed E-state index contributed by atoms with van der Waals surface area (Å²) < 4.78 is 0. The molecule has 0 aliphatic carbocycles. The van der Waals surface area contributed by atoms with Crippen molar-refractivity contribution in [3.8, 4) is 22.8 Å². The largest absolute Gasteiger partial charge is 0.355 e. The van der Waals surface area contributed by atoms with Crippen molar-refractivity contribution in [1.82, 2.24) is 19.9 Å². The summed E-state index contributed by atoms with van der Waals surface area (Å²) in [5.74, 6) is 1.54. The number of hydrogen-bond donors (Lipinski definition) is 1. The normalized spacial score (nSPS) is 17.2. The lowest BCUT2D eigenvalue weighted by molar-refractivity contribution is 0.751. The average Bonchev–Trinajstić information content (AvgIpc) is 3.09. The number of hydrogen-bond acceptors (Lipinski definition) is 6. The standard InChI is InChI=1S/C18H18N6/c19-14-6-9-24(12-14)17-10-16(15-5-1-2-8-21-15)22-18(23-17)13-4-3-7-20-11-13/h1-5,7-8,10-11,14H,6,9,12,19H2. The van der Waals surface area contributed by atoms with Gasteiger partial charge in [-0.15, -0.1) is 0 Å². The Morgan fingerprint density at radius 1 is 1.04 bits per heavy atom. The highest BCUT2D eigenvalue weighted by Gasteiger charge is 2.22. The summed E-state index contributed by atoms with van der Waals surface area (Å²) in [4.78, 5) is 20.2. The van der Waals surface area contributed by atoms with Crippen LogP contribution in [0.25, 0.3) is 22.8 Å². The minimum absolute atomic E-state index is 0.195. The van der Waals surface area contributed by atoms with Gasteiger partial charge in [0.25, 0.3) is 0 Å². The van der Waals surface area contributed by atoms with Crippen molar-refractivity contribution in [3.63, 3.8) is 0 Å². The van der Waals surface area contributed by atoms with E-state index in [0.29, 0.717) is 5.82 Å². The second-order valence-electron chi connectivity index (χ2n) is 5.89. The van der Waals surface area contributed by atoms with Crippen LogP contribution in [-0.4, -0.2) is 39.1 Å². The Hall–Kier alpha value is -2.86. The molecule has 4 rings (SSSR count). The van der Waals surface area contributed by atoms with Gasteiger partial charge >= 0.3 is 0 Å². The zero-order valence-corrected chi connectivity index (χ0v) is 13.2. The molecule has 1 aliphatic rings. The Labute approximate surface area is 140 Å². The number of nitrogens with two attached hydrogens (primary N) is 1. The molecule has 4 heterocycles. The molecule has 3 aromatic rings. The highest BCUT2D eigenvalue weighted by Crippen LogP contribution is 2.26. The van der Waals surface area contributed by atoms with Gasteiger partial charge in [-0.2, -0.15) is 0 Å². The van der Waals surface area contributed by atoms with Gasteiger partial charge in [0.15, 0.2) is 5.82 Å².